The highest BCUT2D eigenvalue weighted by molar-refractivity contribution is 5.98. The van der Waals surface area contributed by atoms with Crippen molar-refractivity contribution in [3.8, 4) is 0 Å². The van der Waals surface area contributed by atoms with E-state index in [1.807, 2.05) is 0 Å². The number of esters is 1. The lowest BCUT2D eigenvalue weighted by atomic mass is 10.1. The number of anilines is 1. The maximum absolute atomic E-state index is 13.5. The molecule has 8 heteroatoms. The lowest BCUT2D eigenvalue weighted by Crippen LogP contribution is -2.30. The number of rotatable bonds is 5. The van der Waals surface area contributed by atoms with Crippen LogP contribution in [-0.2, 0) is 9.53 Å². The number of hydrogen-bond donors (Lipinski definition) is 1. The first-order chi connectivity index (χ1) is 11.8. The minimum atomic E-state index is -1.22. The zero-order valence-electron chi connectivity index (χ0n) is 13.5. The van der Waals surface area contributed by atoms with Gasteiger partial charge in [-0.25, -0.2) is 9.18 Å². The highest BCUT2D eigenvalue weighted by atomic mass is 19.1. The highest BCUT2D eigenvalue weighted by Gasteiger charge is 2.23. The van der Waals surface area contributed by atoms with Gasteiger partial charge in [0.15, 0.2) is 6.10 Å². The lowest BCUT2D eigenvalue weighted by molar-refractivity contribution is -0.385. The number of ether oxygens (including phenoxy) is 1. The van der Waals surface area contributed by atoms with Gasteiger partial charge in [-0.05, 0) is 32.0 Å². The van der Waals surface area contributed by atoms with E-state index in [1.165, 1.54) is 50.2 Å². The second-order valence-electron chi connectivity index (χ2n) is 5.22. The Hall–Kier alpha value is -3.29. The zero-order valence-corrected chi connectivity index (χ0v) is 13.5. The minimum Gasteiger partial charge on any atom is -0.449 e. The Kier molecular flexibility index (Phi) is 5.43. The summed E-state index contributed by atoms with van der Waals surface area (Å²) in [6.45, 7) is 2.74. The average Bonchev–Trinajstić information content (AvgIpc) is 2.56. The largest absolute Gasteiger partial charge is 0.449 e. The number of benzene rings is 2. The van der Waals surface area contributed by atoms with Crippen LogP contribution >= 0.6 is 0 Å². The summed E-state index contributed by atoms with van der Waals surface area (Å²) < 4.78 is 18.6. The van der Waals surface area contributed by atoms with Crippen LogP contribution in [-0.4, -0.2) is 22.9 Å². The summed E-state index contributed by atoms with van der Waals surface area (Å²) in [6, 6.07) is 9.55. The van der Waals surface area contributed by atoms with Gasteiger partial charge in [-0.1, -0.05) is 18.2 Å². The molecule has 0 unspecified atom stereocenters. The molecule has 0 aliphatic heterocycles. The third kappa shape index (κ3) is 4.17. The van der Waals surface area contributed by atoms with Crippen molar-refractivity contribution in [2.24, 2.45) is 0 Å². The molecule has 7 nitrogen and oxygen atoms in total. The molecular formula is C17H15FN2O5. The van der Waals surface area contributed by atoms with Gasteiger partial charge in [-0.3, -0.25) is 14.9 Å². The van der Waals surface area contributed by atoms with E-state index in [2.05, 4.69) is 5.32 Å². The van der Waals surface area contributed by atoms with Gasteiger partial charge in [-0.2, -0.15) is 0 Å². The molecule has 130 valence electrons. The number of amides is 1. The van der Waals surface area contributed by atoms with E-state index >= 15 is 0 Å². The lowest BCUT2D eigenvalue weighted by Gasteiger charge is -2.14. The molecule has 0 heterocycles. The fourth-order valence-corrected chi connectivity index (χ4v) is 2.12. The standard InChI is InChI=1S/C17H15FN2O5/c1-10-12(6-5-9-15(10)20(23)24)17(22)25-11(2)16(21)19-14-8-4-3-7-13(14)18/h3-9,11H,1-2H3,(H,19,21)/t11-/m1/s1. The molecule has 2 aromatic carbocycles. The Labute approximate surface area is 142 Å². The van der Waals surface area contributed by atoms with Crippen LogP contribution in [0.15, 0.2) is 42.5 Å². The summed E-state index contributed by atoms with van der Waals surface area (Å²) in [7, 11) is 0. The van der Waals surface area contributed by atoms with Gasteiger partial charge in [0.1, 0.15) is 5.82 Å². The Bertz CT molecular complexity index is 838. The van der Waals surface area contributed by atoms with E-state index in [9.17, 15) is 24.1 Å². The molecular weight excluding hydrogens is 331 g/mol. The Morgan fingerprint density at radius 3 is 2.52 bits per heavy atom. The smallest absolute Gasteiger partial charge is 0.339 e. The Morgan fingerprint density at radius 1 is 1.20 bits per heavy atom. The van der Waals surface area contributed by atoms with Crippen molar-refractivity contribution in [3.05, 3.63) is 69.5 Å². The maximum Gasteiger partial charge on any atom is 0.339 e. The van der Waals surface area contributed by atoms with E-state index in [-0.39, 0.29) is 22.5 Å². The van der Waals surface area contributed by atoms with Crippen LogP contribution in [0, 0.1) is 22.9 Å². The molecule has 2 aromatic rings. The number of nitro benzene ring substituents is 1. The molecule has 25 heavy (non-hydrogen) atoms. The summed E-state index contributed by atoms with van der Waals surface area (Å²) in [5.74, 6) is -2.22. The highest BCUT2D eigenvalue weighted by Crippen LogP contribution is 2.22. The fourth-order valence-electron chi connectivity index (χ4n) is 2.12. The number of nitro groups is 1. The number of carbonyl (C=O) groups excluding carboxylic acids is 2. The first kappa shape index (κ1) is 18.1. The summed E-state index contributed by atoms with van der Waals surface area (Å²) in [5, 5.41) is 13.2. The molecule has 0 saturated carbocycles. The second-order valence-corrected chi connectivity index (χ2v) is 5.22. The molecule has 2 rings (SSSR count). The van der Waals surface area contributed by atoms with Crippen molar-refractivity contribution in [1.29, 1.82) is 0 Å². The number of nitrogens with zero attached hydrogens (tertiary/aromatic N) is 1. The molecule has 1 atom stereocenters. The maximum atomic E-state index is 13.5. The predicted molar refractivity (Wildman–Crippen MR) is 87.7 cm³/mol. The van der Waals surface area contributed by atoms with Crippen molar-refractivity contribution >= 4 is 23.3 Å². The summed E-state index contributed by atoms with van der Waals surface area (Å²) in [5.41, 5.74) is -0.140. The number of hydrogen-bond acceptors (Lipinski definition) is 5. The van der Waals surface area contributed by atoms with Crippen LogP contribution in [0.25, 0.3) is 0 Å². The quantitative estimate of drug-likeness (QED) is 0.509. The van der Waals surface area contributed by atoms with E-state index in [4.69, 9.17) is 4.74 Å². The number of nitrogens with one attached hydrogen (secondary N) is 1. The van der Waals surface area contributed by atoms with E-state index in [1.54, 1.807) is 6.07 Å². The van der Waals surface area contributed by atoms with E-state index < -0.39 is 28.7 Å². The van der Waals surface area contributed by atoms with Gasteiger partial charge in [0.05, 0.1) is 16.2 Å². The van der Waals surface area contributed by atoms with Gasteiger partial charge < -0.3 is 10.1 Å². The molecule has 0 aliphatic carbocycles. The molecule has 0 saturated heterocycles. The topological polar surface area (TPSA) is 98.5 Å². The van der Waals surface area contributed by atoms with E-state index in [0.717, 1.165) is 0 Å². The van der Waals surface area contributed by atoms with Crippen LogP contribution < -0.4 is 5.32 Å². The van der Waals surface area contributed by atoms with Crippen LogP contribution in [0.5, 0.6) is 0 Å². The monoisotopic (exact) mass is 346 g/mol. The Morgan fingerprint density at radius 2 is 1.88 bits per heavy atom. The van der Waals surface area contributed by atoms with Crippen molar-refractivity contribution < 1.29 is 23.6 Å². The molecule has 0 bridgehead atoms. The number of para-hydroxylation sites is 1. The van der Waals surface area contributed by atoms with Crippen LogP contribution in [0.3, 0.4) is 0 Å². The molecule has 0 aromatic heterocycles. The summed E-state index contributed by atoms with van der Waals surface area (Å²) in [4.78, 5) is 34.5. The molecule has 1 N–H and O–H groups in total. The third-order valence-corrected chi connectivity index (χ3v) is 3.51. The van der Waals surface area contributed by atoms with Crippen molar-refractivity contribution in [3.63, 3.8) is 0 Å². The molecule has 0 radical (unpaired) electrons. The molecule has 0 fully saturated rings. The molecule has 0 aliphatic rings. The summed E-state index contributed by atoms with van der Waals surface area (Å²) in [6.07, 6.45) is -1.22. The number of carbonyl (C=O) groups is 2. The van der Waals surface area contributed by atoms with Crippen molar-refractivity contribution in [1.82, 2.24) is 0 Å². The molecule has 1 amide bonds. The first-order valence-electron chi connectivity index (χ1n) is 7.31. The summed E-state index contributed by atoms with van der Waals surface area (Å²) >= 11 is 0. The van der Waals surface area contributed by atoms with Crippen LogP contribution in [0.4, 0.5) is 15.8 Å². The SMILES string of the molecule is Cc1c(C(=O)O[C@H](C)C(=O)Nc2ccccc2F)cccc1[N+](=O)[O-]. The third-order valence-electron chi connectivity index (χ3n) is 3.51. The van der Waals surface area contributed by atoms with Gasteiger partial charge >= 0.3 is 5.97 Å². The van der Waals surface area contributed by atoms with Gasteiger partial charge in [0.25, 0.3) is 11.6 Å². The van der Waals surface area contributed by atoms with Gasteiger partial charge in [0, 0.05) is 11.6 Å². The fraction of sp³-hybridized carbons (Fsp3) is 0.176. The van der Waals surface area contributed by atoms with Gasteiger partial charge in [0.2, 0.25) is 0 Å². The second kappa shape index (κ2) is 7.52. The van der Waals surface area contributed by atoms with Crippen LogP contribution in [0.1, 0.15) is 22.8 Å². The first-order valence-corrected chi connectivity index (χ1v) is 7.31. The Balaban J connectivity index is 2.10. The minimum absolute atomic E-state index is 0.0141. The van der Waals surface area contributed by atoms with Crippen molar-refractivity contribution in [2.45, 2.75) is 20.0 Å². The number of halogens is 1. The van der Waals surface area contributed by atoms with Crippen molar-refractivity contribution in [2.75, 3.05) is 5.32 Å². The molecule has 0 spiro atoms. The van der Waals surface area contributed by atoms with Crippen LogP contribution in [0.2, 0.25) is 0 Å². The predicted octanol–water partition coefficient (Wildman–Crippen LogP) is 3.23. The van der Waals surface area contributed by atoms with Gasteiger partial charge in [-0.15, -0.1) is 0 Å². The van der Waals surface area contributed by atoms with E-state index in [0.29, 0.717) is 0 Å². The normalized spacial score (nSPS) is 11.5. The average molecular weight is 346 g/mol. The zero-order chi connectivity index (χ0) is 18.6.